The van der Waals surface area contributed by atoms with E-state index >= 15 is 0 Å². The molecule has 2 heterocycles. The highest BCUT2D eigenvalue weighted by molar-refractivity contribution is 6.48. The number of hydrogen-bond acceptors (Lipinski definition) is 2. The molecule has 0 atom stereocenters. The van der Waals surface area contributed by atoms with Crippen molar-refractivity contribution in [3.05, 3.63) is 73.2 Å². The van der Waals surface area contributed by atoms with Crippen LogP contribution < -0.4 is 4.90 Å². The number of rotatable bonds is 0. The average molecular weight is 416 g/mol. The molecular formula is C21H13Cl3N2O. The molecule has 5 rings (SSSR count). The Kier molecular flexibility index (Phi) is 3.77. The molecule has 3 nitrogen and oxygen atoms in total. The van der Waals surface area contributed by atoms with Crippen LogP contribution in [0.25, 0.3) is 11.8 Å². The van der Waals surface area contributed by atoms with Gasteiger partial charge in [-0.3, -0.25) is 9.69 Å². The summed E-state index contributed by atoms with van der Waals surface area (Å²) < 4.78 is 0. The maximum atomic E-state index is 13.1. The van der Waals surface area contributed by atoms with Gasteiger partial charge < -0.3 is 0 Å². The quantitative estimate of drug-likeness (QED) is 0.481. The minimum Gasteiger partial charge on any atom is -0.274 e. The number of aliphatic imine (C=N–C) groups is 1. The number of benzene rings is 2. The molecule has 134 valence electrons. The fourth-order valence-corrected chi connectivity index (χ4v) is 4.74. The molecule has 2 aromatic carbocycles. The van der Waals surface area contributed by atoms with Crippen molar-refractivity contribution in [1.82, 2.24) is 0 Å². The zero-order valence-electron chi connectivity index (χ0n) is 14.3. The van der Waals surface area contributed by atoms with Gasteiger partial charge in [-0.05, 0) is 36.1 Å². The largest absolute Gasteiger partial charge is 0.274 e. The van der Waals surface area contributed by atoms with E-state index in [9.17, 15) is 4.79 Å². The van der Waals surface area contributed by atoms with Crippen LogP contribution in [-0.2, 0) is 11.2 Å². The Balaban J connectivity index is 1.87. The standard InChI is InChI=1S/C21H13Cl3N2O/c1-10-18(22)12-9-15(27)26-14-8-4-6-11-5-2-3-7-13(16(11)14)25-21(26)17(12)20(24)19(10)23/h2,4-8H,3,9H2,1H3. The Morgan fingerprint density at radius 3 is 2.70 bits per heavy atom. The molecule has 0 aromatic heterocycles. The summed E-state index contributed by atoms with van der Waals surface area (Å²) in [5, 5.41) is 1.26. The number of amidine groups is 1. The van der Waals surface area contributed by atoms with Gasteiger partial charge in [-0.25, -0.2) is 4.99 Å². The molecular weight excluding hydrogens is 403 g/mol. The minimum absolute atomic E-state index is 0.0818. The van der Waals surface area contributed by atoms with Crippen molar-refractivity contribution in [2.24, 2.45) is 4.99 Å². The van der Waals surface area contributed by atoms with E-state index in [2.05, 4.69) is 18.2 Å². The zero-order chi connectivity index (χ0) is 18.9. The first-order chi connectivity index (χ1) is 13.0. The van der Waals surface area contributed by atoms with E-state index in [1.807, 2.05) is 18.2 Å². The third-order valence-electron chi connectivity index (χ3n) is 5.19. The second kappa shape index (κ2) is 5.96. The number of hydrogen-bond donors (Lipinski definition) is 0. The van der Waals surface area contributed by atoms with Gasteiger partial charge in [0.25, 0.3) is 0 Å². The topological polar surface area (TPSA) is 32.7 Å². The lowest BCUT2D eigenvalue weighted by Crippen LogP contribution is -2.45. The number of carbonyl (C=O) groups excluding carboxylic acids is 1. The summed E-state index contributed by atoms with van der Waals surface area (Å²) in [7, 11) is 0. The molecule has 0 unspecified atom stereocenters. The maximum Gasteiger partial charge on any atom is 0.237 e. The highest BCUT2D eigenvalue weighted by Crippen LogP contribution is 2.46. The smallest absolute Gasteiger partial charge is 0.237 e. The van der Waals surface area contributed by atoms with E-state index in [1.54, 1.807) is 11.8 Å². The predicted molar refractivity (Wildman–Crippen MR) is 112 cm³/mol. The van der Waals surface area contributed by atoms with E-state index in [1.165, 1.54) is 0 Å². The van der Waals surface area contributed by atoms with Gasteiger partial charge in [-0.15, -0.1) is 0 Å². The molecule has 0 radical (unpaired) electrons. The molecule has 1 aliphatic carbocycles. The van der Waals surface area contributed by atoms with Crippen molar-refractivity contribution < 1.29 is 4.79 Å². The lowest BCUT2D eigenvalue weighted by Gasteiger charge is -2.36. The van der Waals surface area contributed by atoms with E-state index < -0.39 is 0 Å². The molecule has 0 N–H and O–H groups in total. The molecule has 27 heavy (non-hydrogen) atoms. The molecule has 3 aliphatic rings. The van der Waals surface area contributed by atoms with Crippen molar-refractivity contribution in [1.29, 1.82) is 0 Å². The number of halogens is 3. The minimum atomic E-state index is -0.0818. The van der Waals surface area contributed by atoms with Crippen LogP contribution in [0.3, 0.4) is 0 Å². The second-order valence-corrected chi connectivity index (χ2v) is 7.86. The average Bonchev–Trinajstić information content (AvgIpc) is 2.88. The van der Waals surface area contributed by atoms with E-state index in [-0.39, 0.29) is 12.3 Å². The Morgan fingerprint density at radius 2 is 1.89 bits per heavy atom. The lowest BCUT2D eigenvalue weighted by atomic mass is 9.91. The van der Waals surface area contributed by atoms with Gasteiger partial charge in [0, 0.05) is 16.1 Å². The van der Waals surface area contributed by atoms with Crippen LogP contribution >= 0.6 is 34.8 Å². The van der Waals surface area contributed by atoms with Crippen LogP contribution in [0.1, 0.15) is 34.2 Å². The van der Waals surface area contributed by atoms with Crippen LogP contribution in [0.5, 0.6) is 0 Å². The summed E-state index contributed by atoms with van der Waals surface area (Å²) in [5.41, 5.74) is 5.68. The van der Waals surface area contributed by atoms with Gasteiger partial charge >= 0.3 is 0 Å². The number of nitrogens with zero attached hydrogens (tertiary/aromatic N) is 2. The molecule has 0 fully saturated rings. The molecule has 6 heteroatoms. The van der Waals surface area contributed by atoms with Crippen LogP contribution in [0.2, 0.25) is 15.1 Å². The first-order valence-electron chi connectivity index (χ1n) is 8.57. The normalized spacial score (nSPS) is 16.9. The predicted octanol–water partition coefficient (Wildman–Crippen LogP) is 6.06. The second-order valence-electron chi connectivity index (χ2n) is 6.73. The third kappa shape index (κ3) is 2.29. The monoisotopic (exact) mass is 414 g/mol. The third-order valence-corrected chi connectivity index (χ3v) is 6.65. The van der Waals surface area contributed by atoms with Gasteiger partial charge in [0.05, 0.1) is 27.9 Å². The lowest BCUT2D eigenvalue weighted by molar-refractivity contribution is -0.117. The van der Waals surface area contributed by atoms with Gasteiger partial charge in [-0.2, -0.15) is 0 Å². The number of fused-ring (bicyclic) bond motifs is 4. The van der Waals surface area contributed by atoms with E-state index in [4.69, 9.17) is 39.8 Å². The molecule has 1 amide bonds. The summed E-state index contributed by atoms with van der Waals surface area (Å²) in [6.07, 6.45) is 7.13. The van der Waals surface area contributed by atoms with Crippen LogP contribution in [0.15, 0.2) is 35.3 Å². The van der Waals surface area contributed by atoms with E-state index in [0.29, 0.717) is 37.6 Å². The van der Waals surface area contributed by atoms with Gasteiger partial charge in [0.2, 0.25) is 5.91 Å². The van der Waals surface area contributed by atoms with Crippen LogP contribution in [-0.4, -0.2) is 11.7 Å². The Morgan fingerprint density at radius 1 is 1.07 bits per heavy atom. The summed E-state index contributed by atoms with van der Waals surface area (Å²) >= 11 is 19.6. The van der Waals surface area contributed by atoms with Gasteiger partial charge in [0.15, 0.2) is 0 Å². The fourth-order valence-electron chi connectivity index (χ4n) is 3.91. The number of amides is 1. The van der Waals surface area contributed by atoms with Gasteiger partial charge in [-0.1, -0.05) is 65.2 Å². The van der Waals surface area contributed by atoms with Gasteiger partial charge in [0.1, 0.15) is 5.84 Å². The van der Waals surface area contributed by atoms with E-state index in [0.717, 1.165) is 28.9 Å². The molecule has 0 saturated carbocycles. The Labute approximate surface area is 171 Å². The Bertz CT molecular complexity index is 1140. The van der Waals surface area contributed by atoms with Crippen molar-refractivity contribution in [3.63, 3.8) is 0 Å². The molecule has 0 bridgehead atoms. The highest BCUT2D eigenvalue weighted by Gasteiger charge is 2.39. The summed E-state index contributed by atoms with van der Waals surface area (Å²) in [6.45, 7) is 1.80. The SMILES string of the molecule is Cc1c(Cl)c(Cl)c2c(c1Cl)CC(=O)N1C2=NC2=CCC=Cc3cccc1c32. The molecule has 2 aliphatic heterocycles. The van der Waals surface area contributed by atoms with Crippen molar-refractivity contribution >= 4 is 64.0 Å². The molecule has 0 spiro atoms. The highest BCUT2D eigenvalue weighted by atomic mass is 35.5. The fraction of sp³-hybridized carbons (Fsp3) is 0.143. The number of carbonyl (C=O) groups is 1. The molecule has 2 aromatic rings. The zero-order valence-corrected chi connectivity index (χ0v) is 16.6. The summed E-state index contributed by atoms with van der Waals surface area (Å²) in [4.78, 5) is 19.6. The first kappa shape index (κ1) is 17.1. The van der Waals surface area contributed by atoms with Crippen LogP contribution in [0, 0.1) is 6.92 Å². The summed E-state index contributed by atoms with van der Waals surface area (Å²) in [6, 6.07) is 5.92. The van der Waals surface area contributed by atoms with Crippen molar-refractivity contribution in [2.75, 3.05) is 4.90 Å². The number of allylic oxidation sites excluding steroid dienone is 2. The first-order valence-corrected chi connectivity index (χ1v) is 9.70. The summed E-state index contributed by atoms with van der Waals surface area (Å²) in [5.74, 6) is 0.412. The van der Waals surface area contributed by atoms with Crippen molar-refractivity contribution in [2.45, 2.75) is 19.8 Å². The van der Waals surface area contributed by atoms with Crippen LogP contribution in [0.4, 0.5) is 5.69 Å². The molecule has 0 saturated heterocycles. The van der Waals surface area contributed by atoms with Crippen molar-refractivity contribution in [3.8, 4) is 0 Å². The Hall–Kier alpha value is -2.07. The number of anilines is 1. The maximum absolute atomic E-state index is 13.1.